The molecule has 0 aliphatic heterocycles. The van der Waals surface area contributed by atoms with E-state index in [1.54, 1.807) is 0 Å². The van der Waals surface area contributed by atoms with Crippen molar-refractivity contribution >= 4 is 31.6 Å². The molecule has 0 amide bonds. The molecular formula is C2H5O8S3-. The summed E-state index contributed by atoms with van der Waals surface area (Å²) in [6.07, 6.45) is 0. The van der Waals surface area contributed by atoms with Gasteiger partial charge in [0.15, 0.2) is 0 Å². The van der Waals surface area contributed by atoms with Gasteiger partial charge in [0.25, 0.3) is 20.2 Å². The van der Waals surface area contributed by atoms with Crippen LogP contribution in [-0.4, -0.2) is 41.7 Å². The van der Waals surface area contributed by atoms with E-state index in [4.69, 9.17) is 4.55 Å². The van der Waals surface area contributed by atoms with Crippen LogP contribution in [0.5, 0.6) is 0 Å². The maximum Gasteiger partial charge on any atom is 0.280 e. The number of hydrogen-bond acceptors (Lipinski definition) is 7. The van der Waals surface area contributed by atoms with Gasteiger partial charge in [0.2, 0.25) is 0 Å². The molecule has 0 rings (SSSR count). The highest BCUT2D eigenvalue weighted by molar-refractivity contribution is 7.96. The minimum atomic E-state index is -4.47. The molecule has 1 unspecified atom stereocenters. The summed E-state index contributed by atoms with van der Waals surface area (Å²) >= 11 is -3.28. The first-order valence-corrected chi connectivity index (χ1v) is 6.78. The Balaban J connectivity index is 4.30. The second kappa shape index (κ2) is 4.43. The van der Waals surface area contributed by atoms with Crippen molar-refractivity contribution in [2.75, 3.05) is 11.5 Å². The molecule has 1 N–H and O–H groups in total. The molecule has 0 heterocycles. The summed E-state index contributed by atoms with van der Waals surface area (Å²) in [5.41, 5.74) is 0. The van der Waals surface area contributed by atoms with E-state index in [1.165, 1.54) is 0 Å². The van der Waals surface area contributed by atoms with Gasteiger partial charge in [-0.3, -0.25) is 4.55 Å². The summed E-state index contributed by atoms with van der Waals surface area (Å²) in [5, 5.41) is 0. The Kier molecular flexibility index (Phi) is 4.41. The van der Waals surface area contributed by atoms with Gasteiger partial charge in [-0.15, -0.1) is 0 Å². The van der Waals surface area contributed by atoms with Crippen LogP contribution in [0.3, 0.4) is 0 Å². The third kappa shape index (κ3) is 8.27. The molecule has 0 saturated carbocycles. The molecule has 0 aliphatic carbocycles. The van der Waals surface area contributed by atoms with E-state index in [0.29, 0.717) is 0 Å². The predicted molar refractivity (Wildman–Crippen MR) is 40.2 cm³/mol. The van der Waals surface area contributed by atoms with E-state index < -0.39 is 43.1 Å². The van der Waals surface area contributed by atoms with Gasteiger partial charge < -0.3 is 4.55 Å². The highest BCUT2D eigenvalue weighted by Crippen LogP contribution is 1.97. The van der Waals surface area contributed by atoms with Gasteiger partial charge in [-0.2, -0.15) is 20.5 Å². The van der Waals surface area contributed by atoms with Crippen molar-refractivity contribution in [3.05, 3.63) is 0 Å². The largest absolute Gasteiger partial charge is 0.749 e. The van der Waals surface area contributed by atoms with Crippen molar-refractivity contribution in [1.29, 1.82) is 0 Å². The molecule has 0 bridgehead atoms. The summed E-state index contributed by atoms with van der Waals surface area (Å²) in [7, 11) is -8.92. The first-order valence-electron chi connectivity index (χ1n) is 2.59. The van der Waals surface area contributed by atoms with E-state index in [-0.39, 0.29) is 0 Å². The van der Waals surface area contributed by atoms with Crippen molar-refractivity contribution in [2.45, 2.75) is 0 Å². The lowest BCUT2D eigenvalue weighted by Gasteiger charge is -2.04. The van der Waals surface area contributed by atoms with Gasteiger partial charge in [-0.05, 0) is 0 Å². The smallest absolute Gasteiger partial charge is 0.280 e. The molecule has 80 valence electrons. The summed E-state index contributed by atoms with van der Waals surface area (Å²) < 4.78 is 72.0. The first kappa shape index (κ1) is 12.9. The Morgan fingerprint density at radius 1 is 1.23 bits per heavy atom. The van der Waals surface area contributed by atoms with Crippen LogP contribution in [0, 0.1) is 0 Å². The fourth-order valence-electron chi connectivity index (χ4n) is 0.326. The zero-order chi connectivity index (χ0) is 10.7. The maximum atomic E-state index is 10.5. The fraction of sp³-hybridized carbons (Fsp3) is 1.00. The topological polar surface area (TPSA) is 138 Å². The summed E-state index contributed by atoms with van der Waals surface area (Å²) in [4.78, 5) is 0. The SMILES string of the molecule is O=S([O-])OS(=O)(=O)CCS(=O)(=O)O. The molecule has 0 aromatic rings. The standard InChI is InChI=1S/C2H6O8S3/c3-11(4)10-13(8,9)2-1-12(5,6)7/h1-2H2,(H,3,4)(H,5,6,7)/p-1. The Morgan fingerprint density at radius 2 is 1.69 bits per heavy atom. The first-order chi connectivity index (χ1) is 5.62. The average molecular weight is 253 g/mol. The highest BCUT2D eigenvalue weighted by atomic mass is 32.3. The molecule has 0 aromatic carbocycles. The molecule has 0 radical (unpaired) electrons. The van der Waals surface area contributed by atoms with Crippen LogP contribution < -0.4 is 0 Å². The lowest BCUT2D eigenvalue weighted by Crippen LogP contribution is -2.19. The second-order valence-electron chi connectivity index (χ2n) is 1.82. The van der Waals surface area contributed by atoms with E-state index in [1.807, 2.05) is 0 Å². The molecular weight excluding hydrogens is 248 g/mol. The zero-order valence-electron chi connectivity index (χ0n) is 5.94. The van der Waals surface area contributed by atoms with Crippen LogP contribution >= 0.6 is 0 Å². The van der Waals surface area contributed by atoms with Gasteiger partial charge in [0, 0.05) is 0 Å². The Labute approximate surface area is 77.3 Å². The van der Waals surface area contributed by atoms with Crippen LogP contribution in [-0.2, 0) is 35.2 Å². The molecule has 8 nitrogen and oxygen atoms in total. The molecule has 0 fully saturated rings. The van der Waals surface area contributed by atoms with Crippen molar-refractivity contribution in [3.8, 4) is 0 Å². The van der Waals surface area contributed by atoms with Crippen LogP contribution in [0.25, 0.3) is 0 Å². The van der Waals surface area contributed by atoms with Crippen LogP contribution in [0.4, 0.5) is 0 Å². The zero-order valence-corrected chi connectivity index (χ0v) is 8.39. The van der Waals surface area contributed by atoms with Crippen molar-refractivity contribution in [2.24, 2.45) is 0 Å². The summed E-state index contributed by atoms with van der Waals surface area (Å²) in [6.45, 7) is 0. The van der Waals surface area contributed by atoms with Crippen molar-refractivity contribution < 1.29 is 33.8 Å². The van der Waals surface area contributed by atoms with Crippen molar-refractivity contribution in [1.82, 2.24) is 0 Å². The van der Waals surface area contributed by atoms with Crippen LogP contribution in [0.1, 0.15) is 0 Å². The minimum absolute atomic E-state index is 1.12. The molecule has 13 heavy (non-hydrogen) atoms. The average Bonchev–Trinajstić information content (AvgIpc) is 1.79. The van der Waals surface area contributed by atoms with E-state index >= 15 is 0 Å². The third-order valence-corrected chi connectivity index (χ3v) is 3.71. The Hall–Kier alpha value is -0.0700. The van der Waals surface area contributed by atoms with Gasteiger partial charge in [0.05, 0.1) is 11.5 Å². The predicted octanol–water partition coefficient (Wildman–Crippen LogP) is -1.99. The van der Waals surface area contributed by atoms with Gasteiger partial charge in [-0.25, -0.2) is 4.21 Å². The molecule has 0 aliphatic rings. The lowest BCUT2D eigenvalue weighted by molar-refractivity contribution is 0.428. The third-order valence-electron chi connectivity index (χ3n) is 0.751. The monoisotopic (exact) mass is 253 g/mol. The second-order valence-corrected chi connectivity index (χ2v) is 5.87. The van der Waals surface area contributed by atoms with Crippen molar-refractivity contribution in [3.63, 3.8) is 0 Å². The Morgan fingerprint density at radius 3 is 2.00 bits per heavy atom. The number of rotatable bonds is 5. The normalized spacial score (nSPS) is 15.5. The van der Waals surface area contributed by atoms with Gasteiger partial charge >= 0.3 is 0 Å². The van der Waals surface area contributed by atoms with Gasteiger partial charge in [0.1, 0.15) is 11.4 Å². The van der Waals surface area contributed by atoms with Crippen LogP contribution in [0.2, 0.25) is 0 Å². The molecule has 0 aromatic heterocycles. The lowest BCUT2D eigenvalue weighted by atomic mass is 11.0. The summed E-state index contributed by atoms with van der Waals surface area (Å²) in [6, 6.07) is 0. The van der Waals surface area contributed by atoms with E-state index in [2.05, 4.69) is 3.63 Å². The minimum Gasteiger partial charge on any atom is -0.749 e. The summed E-state index contributed by atoms with van der Waals surface area (Å²) in [5.74, 6) is -2.24. The molecule has 0 spiro atoms. The molecule has 0 saturated heterocycles. The van der Waals surface area contributed by atoms with Gasteiger partial charge in [-0.1, -0.05) is 0 Å². The highest BCUT2D eigenvalue weighted by Gasteiger charge is 2.16. The van der Waals surface area contributed by atoms with E-state index in [0.717, 1.165) is 0 Å². The maximum absolute atomic E-state index is 10.5. The van der Waals surface area contributed by atoms with Crippen LogP contribution in [0.15, 0.2) is 0 Å². The molecule has 11 heteroatoms. The quantitative estimate of drug-likeness (QED) is 0.439. The molecule has 1 atom stereocenters. The fourth-order valence-corrected chi connectivity index (χ4v) is 2.93. The number of hydrogen-bond donors (Lipinski definition) is 1. The van der Waals surface area contributed by atoms with E-state index in [9.17, 15) is 25.6 Å². The Bertz CT molecular complexity index is 374.